The molecule has 0 aliphatic rings. The van der Waals surface area contributed by atoms with Crippen molar-refractivity contribution in [1.29, 1.82) is 0 Å². The lowest BCUT2D eigenvalue weighted by molar-refractivity contribution is 0.477. The van der Waals surface area contributed by atoms with Gasteiger partial charge in [-0.1, -0.05) is 35.9 Å². The Bertz CT molecular complexity index is 497. The predicted octanol–water partition coefficient (Wildman–Crippen LogP) is 3.29. The Kier molecular flexibility index (Phi) is 2.52. The molecule has 0 saturated carbocycles. The molecule has 0 aromatic heterocycles. The Labute approximate surface area is 92.9 Å². The number of benzene rings is 2. The van der Waals surface area contributed by atoms with Crippen molar-refractivity contribution in [3.8, 4) is 16.9 Å². The quantitative estimate of drug-likeness (QED) is 0.723. The minimum Gasteiger partial charge on any atom is -0.507 e. The molecular formula is C12H10ClNO. The van der Waals surface area contributed by atoms with Crippen molar-refractivity contribution in [1.82, 2.24) is 0 Å². The molecule has 0 aliphatic carbocycles. The molecule has 0 radical (unpaired) electrons. The molecule has 0 atom stereocenters. The number of nitrogen functional groups attached to an aromatic ring is 1. The lowest BCUT2D eigenvalue weighted by atomic mass is 10.0. The highest BCUT2D eigenvalue weighted by molar-refractivity contribution is 6.33. The van der Waals surface area contributed by atoms with Crippen molar-refractivity contribution < 1.29 is 5.11 Å². The standard InChI is InChI=1S/C12H10ClNO/c13-11-7-8(14)5-6-9(11)10-3-1-2-4-12(10)15/h1-7,15H,14H2. The first-order chi connectivity index (χ1) is 7.18. The van der Waals surface area contributed by atoms with Gasteiger partial charge in [-0.15, -0.1) is 0 Å². The second-order valence-electron chi connectivity index (χ2n) is 3.26. The lowest BCUT2D eigenvalue weighted by Gasteiger charge is -2.07. The van der Waals surface area contributed by atoms with Crippen LogP contribution >= 0.6 is 11.6 Å². The summed E-state index contributed by atoms with van der Waals surface area (Å²) in [6.07, 6.45) is 0. The maximum absolute atomic E-state index is 9.67. The first-order valence-electron chi connectivity index (χ1n) is 4.52. The van der Waals surface area contributed by atoms with E-state index in [0.717, 1.165) is 5.56 Å². The molecule has 2 aromatic rings. The van der Waals surface area contributed by atoms with Crippen molar-refractivity contribution in [2.24, 2.45) is 0 Å². The van der Waals surface area contributed by atoms with Crippen LogP contribution in [0.5, 0.6) is 5.75 Å². The molecule has 0 amide bonds. The molecule has 0 saturated heterocycles. The fraction of sp³-hybridized carbons (Fsp3) is 0. The van der Waals surface area contributed by atoms with E-state index in [0.29, 0.717) is 16.3 Å². The van der Waals surface area contributed by atoms with Gasteiger partial charge < -0.3 is 10.8 Å². The van der Waals surface area contributed by atoms with Crippen LogP contribution in [0.15, 0.2) is 42.5 Å². The molecule has 0 unspecified atom stereocenters. The Morgan fingerprint density at radius 1 is 1.00 bits per heavy atom. The van der Waals surface area contributed by atoms with Gasteiger partial charge in [0.2, 0.25) is 0 Å². The summed E-state index contributed by atoms with van der Waals surface area (Å²) in [7, 11) is 0. The Morgan fingerprint density at radius 3 is 2.40 bits per heavy atom. The number of phenolic OH excluding ortho intramolecular Hbond substituents is 1. The summed E-state index contributed by atoms with van der Waals surface area (Å²) in [5.74, 6) is 0.212. The number of halogens is 1. The second kappa shape index (κ2) is 3.83. The van der Waals surface area contributed by atoms with Gasteiger partial charge in [0.25, 0.3) is 0 Å². The maximum Gasteiger partial charge on any atom is 0.123 e. The number of anilines is 1. The van der Waals surface area contributed by atoms with Gasteiger partial charge in [0, 0.05) is 16.8 Å². The van der Waals surface area contributed by atoms with Crippen molar-refractivity contribution in [3.05, 3.63) is 47.5 Å². The van der Waals surface area contributed by atoms with Crippen LogP contribution in [0.2, 0.25) is 5.02 Å². The summed E-state index contributed by atoms with van der Waals surface area (Å²) in [4.78, 5) is 0. The van der Waals surface area contributed by atoms with Crippen molar-refractivity contribution in [3.63, 3.8) is 0 Å². The largest absolute Gasteiger partial charge is 0.507 e. The summed E-state index contributed by atoms with van der Waals surface area (Å²) in [6, 6.07) is 12.3. The molecule has 0 spiro atoms. The number of phenols is 1. The number of hydrogen-bond acceptors (Lipinski definition) is 2. The monoisotopic (exact) mass is 219 g/mol. The maximum atomic E-state index is 9.67. The van der Waals surface area contributed by atoms with E-state index in [1.807, 2.05) is 12.1 Å². The van der Waals surface area contributed by atoms with Gasteiger partial charge in [-0.05, 0) is 18.2 Å². The van der Waals surface area contributed by atoms with Gasteiger partial charge in [0.05, 0.1) is 5.02 Å². The van der Waals surface area contributed by atoms with Gasteiger partial charge in [-0.3, -0.25) is 0 Å². The molecule has 2 rings (SSSR count). The average molecular weight is 220 g/mol. The molecule has 3 N–H and O–H groups in total. The van der Waals surface area contributed by atoms with Crippen LogP contribution in [0.25, 0.3) is 11.1 Å². The summed E-state index contributed by atoms with van der Waals surface area (Å²) in [6.45, 7) is 0. The van der Waals surface area contributed by atoms with Crippen LogP contribution in [0.1, 0.15) is 0 Å². The van der Waals surface area contributed by atoms with Crippen molar-refractivity contribution >= 4 is 17.3 Å². The zero-order chi connectivity index (χ0) is 10.8. The van der Waals surface area contributed by atoms with E-state index in [-0.39, 0.29) is 5.75 Å². The number of rotatable bonds is 1. The highest BCUT2D eigenvalue weighted by atomic mass is 35.5. The molecule has 3 heteroatoms. The van der Waals surface area contributed by atoms with E-state index in [1.165, 1.54) is 0 Å². The fourth-order valence-corrected chi connectivity index (χ4v) is 1.74. The molecule has 2 aromatic carbocycles. The summed E-state index contributed by atoms with van der Waals surface area (Å²) < 4.78 is 0. The molecular weight excluding hydrogens is 210 g/mol. The van der Waals surface area contributed by atoms with E-state index in [4.69, 9.17) is 17.3 Å². The third-order valence-electron chi connectivity index (χ3n) is 2.19. The zero-order valence-electron chi connectivity index (χ0n) is 7.94. The van der Waals surface area contributed by atoms with E-state index in [9.17, 15) is 5.11 Å². The smallest absolute Gasteiger partial charge is 0.123 e. The van der Waals surface area contributed by atoms with Crippen molar-refractivity contribution in [2.75, 3.05) is 5.73 Å². The Morgan fingerprint density at radius 2 is 1.73 bits per heavy atom. The Balaban J connectivity index is 2.60. The summed E-state index contributed by atoms with van der Waals surface area (Å²) >= 11 is 6.04. The van der Waals surface area contributed by atoms with Crippen LogP contribution in [0, 0.1) is 0 Å². The van der Waals surface area contributed by atoms with Gasteiger partial charge in [-0.2, -0.15) is 0 Å². The first kappa shape index (κ1) is 9.87. The molecule has 15 heavy (non-hydrogen) atoms. The highest BCUT2D eigenvalue weighted by Gasteiger charge is 2.07. The number of aromatic hydroxyl groups is 1. The first-order valence-corrected chi connectivity index (χ1v) is 4.89. The number of nitrogens with two attached hydrogens (primary N) is 1. The van der Waals surface area contributed by atoms with Gasteiger partial charge in [-0.25, -0.2) is 0 Å². The normalized spacial score (nSPS) is 10.2. The van der Waals surface area contributed by atoms with E-state index in [1.54, 1.807) is 30.3 Å². The molecule has 0 bridgehead atoms. The third-order valence-corrected chi connectivity index (χ3v) is 2.50. The summed E-state index contributed by atoms with van der Waals surface area (Å²) in [5, 5.41) is 10.2. The van der Waals surface area contributed by atoms with E-state index >= 15 is 0 Å². The minimum atomic E-state index is 0.212. The number of para-hydroxylation sites is 1. The topological polar surface area (TPSA) is 46.2 Å². The van der Waals surface area contributed by atoms with Crippen molar-refractivity contribution in [2.45, 2.75) is 0 Å². The molecule has 0 aliphatic heterocycles. The molecule has 2 nitrogen and oxygen atoms in total. The van der Waals surface area contributed by atoms with Gasteiger partial charge in [0.1, 0.15) is 5.75 Å². The van der Waals surface area contributed by atoms with Crippen LogP contribution in [0.3, 0.4) is 0 Å². The molecule has 0 heterocycles. The lowest BCUT2D eigenvalue weighted by Crippen LogP contribution is -1.86. The second-order valence-corrected chi connectivity index (χ2v) is 3.66. The van der Waals surface area contributed by atoms with Crippen LogP contribution in [0.4, 0.5) is 5.69 Å². The van der Waals surface area contributed by atoms with Crippen LogP contribution in [-0.4, -0.2) is 5.11 Å². The van der Waals surface area contributed by atoms with Crippen LogP contribution < -0.4 is 5.73 Å². The van der Waals surface area contributed by atoms with Gasteiger partial charge >= 0.3 is 0 Å². The Hall–Kier alpha value is -1.67. The fourth-order valence-electron chi connectivity index (χ4n) is 1.45. The summed E-state index contributed by atoms with van der Waals surface area (Å²) in [5.41, 5.74) is 7.70. The molecule has 76 valence electrons. The highest BCUT2D eigenvalue weighted by Crippen LogP contribution is 2.34. The minimum absolute atomic E-state index is 0.212. The average Bonchev–Trinajstić information content (AvgIpc) is 2.20. The predicted molar refractivity (Wildman–Crippen MR) is 63.0 cm³/mol. The SMILES string of the molecule is Nc1ccc(-c2ccccc2O)c(Cl)c1. The molecule has 0 fully saturated rings. The van der Waals surface area contributed by atoms with Gasteiger partial charge in [0.15, 0.2) is 0 Å². The zero-order valence-corrected chi connectivity index (χ0v) is 8.70. The third kappa shape index (κ3) is 1.90. The van der Waals surface area contributed by atoms with Crippen LogP contribution in [-0.2, 0) is 0 Å². The number of hydrogen-bond donors (Lipinski definition) is 2. The van der Waals surface area contributed by atoms with E-state index in [2.05, 4.69) is 0 Å². The van der Waals surface area contributed by atoms with E-state index < -0.39 is 0 Å².